The minimum absolute atomic E-state index is 0.387. The standard InChI is InChI=1S/C12H15N5OS/c13-12-17-9(6-19-12)4-14-11-3-10(15-7-16-11)8-1-2-18-5-8/h3,6-8H,1-2,4-5H2,(H2,13,17)(H,14,15,16)/t8-/m1/s1. The number of rotatable bonds is 4. The Morgan fingerprint density at radius 2 is 2.42 bits per heavy atom. The van der Waals surface area contributed by atoms with E-state index in [2.05, 4.69) is 20.3 Å². The van der Waals surface area contributed by atoms with E-state index < -0.39 is 0 Å². The topological polar surface area (TPSA) is 86.0 Å². The van der Waals surface area contributed by atoms with Crippen LogP contribution in [0.2, 0.25) is 0 Å². The van der Waals surface area contributed by atoms with Crippen LogP contribution in [-0.2, 0) is 11.3 Å². The lowest BCUT2D eigenvalue weighted by Crippen LogP contribution is -2.06. The lowest BCUT2D eigenvalue weighted by Gasteiger charge is -2.09. The number of hydrogen-bond acceptors (Lipinski definition) is 7. The number of nitrogens with zero attached hydrogens (tertiary/aromatic N) is 3. The summed E-state index contributed by atoms with van der Waals surface area (Å²) in [5.41, 5.74) is 7.55. The van der Waals surface area contributed by atoms with Crippen molar-refractivity contribution < 1.29 is 4.74 Å². The van der Waals surface area contributed by atoms with Gasteiger partial charge in [-0.3, -0.25) is 0 Å². The third kappa shape index (κ3) is 2.99. The van der Waals surface area contributed by atoms with Gasteiger partial charge in [0, 0.05) is 24.0 Å². The highest BCUT2D eigenvalue weighted by molar-refractivity contribution is 7.13. The van der Waals surface area contributed by atoms with Crippen LogP contribution in [0.1, 0.15) is 23.7 Å². The maximum Gasteiger partial charge on any atom is 0.180 e. The third-order valence-electron chi connectivity index (χ3n) is 3.06. The zero-order valence-electron chi connectivity index (χ0n) is 10.4. The summed E-state index contributed by atoms with van der Waals surface area (Å²) in [4.78, 5) is 12.7. The molecule has 1 saturated heterocycles. The SMILES string of the molecule is Nc1nc(CNc2cc([C@@H]3CCOC3)ncn2)cs1. The van der Waals surface area contributed by atoms with Gasteiger partial charge in [0.05, 0.1) is 24.5 Å². The first kappa shape index (κ1) is 12.3. The molecule has 2 aromatic rings. The molecule has 3 N–H and O–H groups in total. The van der Waals surface area contributed by atoms with Gasteiger partial charge >= 0.3 is 0 Å². The first-order valence-corrected chi connectivity index (χ1v) is 7.02. The van der Waals surface area contributed by atoms with E-state index in [4.69, 9.17) is 10.5 Å². The van der Waals surface area contributed by atoms with Gasteiger partial charge < -0.3 is 15.8 Å². The largest absolute Gasteiger partial charge is 0.381 e. The molecule has 0 unspecified atom stereocenters. The molecule has 100 valence electrons. The van der Waals surface area contributed by atoms with E-state index in [1.165, 1.54) is 11.3 Å². The van der Waals surface area contributed by atoms with Gasteiger partial charge in [0.25, 0.3) is 0 Å². The second-order valence-electron chi connectivity index (χ2n) is 4.42. The Balaban J connectivity index is 1.65. The number of aromatic nitrogens is 3. The molecular weight excluding hydrogens is 262 g/mol. The Labute approximate surface area is 115 Å². The normalized spacial score (nSPS) is 18.6. The lowest BCUT2D eigenvalue weighted by atomic mass is 10.1. The number of nitrogen functional groups attached to an aromatic ring is 1. The van der Waals surface area contributed by atoms with Crippen molar-refractivity contribution >= 4 is 22.3 Å². The quantitative estimate of drug-likeness (QED) is 0.883. The molecule has 0 aromatic carbocycles. The summed E-state index contributed by atoms with van der Waals surface area (Å²) in [7, 11) is 0. The van der Waals surface area contributed by atoms with Crippen molar-refractivity contribution in [2.75, 3.05) is 24.3 Å². The second kappa shape index (κ2) is 5.50. The van der Waals surface area contributed by atoms with Crippen LogP contribution < -0.4 is 11.1 Å². The van der Waals surface area contributed by atoms with Crippen LogP contribution in [0.3, 0.4) is 0 Å². The minimum Gasteiger partial charge on any atom is -0.381 e. The summed E-state index contributed by atoms with van der Waals surface area (Å²) >= 11 is 1.44. The molecule has 0 amide bonds. The minimum atomic E-state index is 0.387. The molecule has 6 nitrogen and oxygen atoms in total. The number of thiazole rings is 1. The zero-order chi connectivity index (χ0) is 13.1. The van der Waals surface area contributed by atoms with Gasteiger partial charge in [0.1, 0.15) is 12.1 Å². The van der Waals surface area contributed by atoms with Crippen LogP contribution in [0, 0.1) is 0 Å². The van der Waals surface area contributed by atoms with Gasteiger partial charge in [-0.2, -0.15) is 0 Å². The van der Waals surface area contributed by atoms with Crippen molar-refractivity contribution in [2.24, 2.45) is 0 Å². The van der Waals surface area contributed by atoms with Gasteiger partial charge in [-0.15, -0.1) is 11.3 Å². The van der Waals surface area contributed by atoms with Gasteiger partial charge in [0.15, 0.2) is 5.13 Å². The van der Waals surface area contributed by atoms with E-state index in [1.54, 1.807) is 6.33 Å². The molecule has 1 aliphatic rings. The van der Waals surface area contributed by atoms with Crippen LogP contribution in [-0.4, -0.2) is 28.2 Å². The molecule has 1 atom stereocenters. The Bertz CT molecular complexity index is 553. The summed E-state index contributed by atoms with van der Waals surface area (Å²) in [6.07, 6.45) is 2.62. The molecule has 3 heterocycles. The molecule has 3 rings (SSSR count). The molecule has 1 aliphatic heterocycles. The van der Waals surface area contributed by atoms with Gasteiger partial charge in [0.2, 0.25) is 0 Å². The van der Waals surface area contributed by atoms with E-state index in [0.717, 1.165) is 36.8 Å². The molecule has 1 fully saturated rings. The van der Waals surface area contributed by atoms with Crippen LogP contribution in [0.25, 0.3) is 0 Å². The molecule has 2 aromatic heterocycles. The molecule has 0 saturated carbocycles. The zero-order valence-corrected chi connectivity index (χ0v) is 11.2. The monoisotopic (exact) mass is 277 g/mol. The summed E-state index contributed by atoms with van der Waals surface area (Å²) in [6, 6.07) is 1.98. The summed E-state index contributed by atoms with van der Waals surface area (Å²) in [5.74, 6) is 1.20. The average Bonchev–Trinajstić information content (AvgIpc) is 3.08. The summed E-state index contributed by atoms with van der Waals surface area (Å²) in [5, 5.41) is 5.76. The number of nitrogens with one attached hydrogen (secondary N) is 1. The van der Waals surface area contributed by atoms with Crippen molar-refractivity contribution in [1.29, 1.82) is 0 Å². The first-order valence-electron chi connectivity index (χ1n) is 6.14. The van der Waals surface area contributed by atoms with E-state index in [9.17, 15) is 0 Å². The second-order valence-corrected chi connectivity index (χ2v) is 5.31. The fourth-order valence-corrected chi connectivity index (χ4v) is 2.61. The third-order valence-corrected chi connectivity index (χ3v) is 3.78. The van der Waals surface area contributed by atoms with Crippen molar-refractivity contribution in [1.82, 2.24) is 15.0 Å². The molecular formula is C12H15N5OS. The maximum absolute atomic E-state index is 5.59. The molecule has 7 heteroatoms. The van der Waals surface area contributed by atoms with Gasteiger partial charge in [-0.25, -0.2) is 15.0 Å². The molecule has 0 radical (unpaired) electrons. The van der Waals surface area contributed by atoms with Gasteiger partial charge in [-0.1, -0.05) is 0 Å². The highest BCUT2D eigenvalue weighted by Gasteiger charge is 2.19. The predicted octanol–water partition coefficient (Wildman–Crippen LogP) is 1.63. The van der Waals surface area contributed by atoms with Crippen LogP contribution in [0.15, 0.2) is 17.8 Å². The Hall–Kier alpha value is -1.73. The number of hydrogen-bond donors (Lipinski definition) is 2. The van der Waals surface area contributed by atoms with Crippen molar-refractivity contribution in [2.45, 2.75) is 18.9 Å². The Kier molecular flexibility index (Phi) is 3.56. The van der Waals surface area contributed by atoms with E-state index >= 15 is 0 Å². The summed E-state index contributed by atoms with van der Waals surface area (Å²) < 4.78 is 5.38. The smallest absolute Gasteiger partial charge is 0.180 e. The maximum atomic E-state index is 5.59. The van der Waals surface area contributed by atoms with Crippen molar-refractivity contribution in [3.8, 4) is 0 Å². The van der Waals surface area contributed by atoms with Crippen LogP contribution >= 0.6 is 11.3 Å². The van der Waals surface area contributed by atoms with E-state index in [0.29, 0.717) is 17.6 Å². The fourth-order valence-electron chi connectivity index (χ4n) is 2.05. The molecule has 19 heavy (non-hydrogen) atoms. The van der Waals surface area contributed by atoms with Crippen LogP contribution in [0.5, 0.6) is 0 Å². The highest BCUT2D eigenvalue weighted by Crippen LogP contribution is 2.24. The number of nitrogens with two attached hydrogens (primary N) is 1. The highest BCUT2D eigenvalue weighted by atomic mass is 32.1. The lowest BCUT2D eigenvalue weighted by molar-refractivity contribution is 0.193. The van der Waals surface area contributed by atoms with Gasteiger partial charge in [-0.05, 0) is 6.42 Å². The first-order chi connectivity index (χ1) is 9.31. The number of ether oxygens (including phenoxy) is 1. The molecule has 0 bridgehead atoms. The Morgan fingerprint density at radius 1 is 1.47 bits per heavy atom. The van der Waals surface area contributed by atoms with E-state index in [1.807, 2.05) is 11.4 Å². The fraction of sp³-hybridized carbons (Fsp3) is 0.417. The molecule has 0 aliphatic carbocycles. The summed E-state index contributed by atoms with van der Waals surface area (Å²) in [6.45, 7) is 2.18. The predicted molar refractivity (Wildman–Crippen MR) is 74.1 cm³/mol. The van der Waals surface area contributed by atoms with E-state index in [-0.39, 0.29) is 0 Å². The van der Waals surface area contributed by atoms with Crippen molar-refractivity contribution in [3.05, 3.63) is 29.2 Å². The average molecular weight is 277 g/mol. The van der Waals surface area contributed by atoms with Crippen molar-refractivity contribution in [3.63, 3.8) is 0 Å². The number of anilines is 2. The molecule has 0 spiro atoms. The Morgan fingerprint density at radius 3 is 3.16 bits per heavy atom. The van der Waals surface area contributed by atoms with Crippen LogP contribution in [0.4, 0.5) is 10.9 Å².